The third-order valence-electron chi connectivity index (χ3n) is 2.01. The summed E-state index contributed by atoms with van der Waals surface area (Å²) in [6, 6.07) is 4.10. The van der Waals surface area contributed by atoms with Gasteiger partial charge < -0.3 is 10.2 Å². The number of halogens is 2. The van der Waals surface area contributed by atoms with E-state index >= 15 is 0 Å². The Morgan fingerprint density at radius 3 is 2.87 bits per heavy atom. The first-order valence-electron chi connectivity index (χ1n) is 4.52. The first-order chi connectivity index (χ1) is 7.06. The topological polar surface area (TPSA) is 32.3 Å². The van der Waals surface area contributed by atoms with Gasteiger partial charge in [-0.15, -0.1) is 0 Å². The highest BCUT2D eigenvalue weighted by Crippen LogP contribution is 2.21. The molecule has 0 aliphatic rings. The maximum atomic E-state index is 13.4. The molecule has 15 heavy (non-hydrogen) atoms. The number of carbonyl (C=O) groups excluding carboxylic acids is 1. The van der Waals surface area contributed by atoms with Crippen molar-refractivity contribution in [1.82, 2.24) is 4.90 Å². The lowest BCUT2D eigenvalue weighted by molar-refractivity contribution is 0.224. The molecule has 0 aliphatic heterocycles. The van der Waals surface area contributed by atoms with Crippen LogP contribution < -0.4 is 5.32 Å². The lowest BCUT2D eigenvalue weighted by Crippen LogP contribution is -2.31. The van der Waals surface area contributed by atoms with Crippen molar-refractivity contribution >= 4 is 23.3 Å². The number of benzene rings is 1. The van der Waals surface area contributed by atoms with Crippen molar-refractivity contribution in [3.8, 4) is 0 Å². The SMILES string of the molecule is CCN(C)C(=O)Nc1cccc(Cl)c1F. The van der Waals surface area contributed by atoms with Crippen molar-refractivity contribution in [2.45, 2.75) is 6.92 Å². The van der Waals surface area contributed by atoms with Gasteiger partial charge in [-0.3, -0.25) is 0 Å². The number of urea groups is 1. The van der Waals surface area contributed by atoms with Crippen molar-refractivity contribution in [3.63, 3.8) is 0 Å². The molecule has 0 aliphatic carbocycles. The van der Waals surface area contributed by atoms with Crippen LogP contribution in [-0.4, -0.2) is 24.5 Å². The summed E-state index contributed by atoms with van der Waals surface area (Å²) in [5.74, 6) is -0.614. The maximum absolute atomic E-state index is 13.4. The fourth-order valence-electron chi connectivity index (χ4n) is 0.955. The van der Waals surface area contributed by atoms with Crippen LogP contribution in [0.2, 0.25) is 5.02 Å². The Bertz CT molecular complexity index is 370. The molecule has 1 aromatic rings. The predicted molar refractivity (Wildman–Crippen MR) is 58.7 cm³/mol. The van der Waals surface area contributed by atoms with Crippen LogP contribution in [-0.2, 0) is 0 Å². The first-order valence-corrected chi connectivity index (χ1v) is 4.90. The van der Waals surface area contributed by atoms with E-state index < -0.39 is 5.82 Å². The van der Waals surface area contributed by atoms with Crippen LogP contribution in [0, 0.1) is 5.82 Å². The van der Waals surface area contributed by atoms with E-state index in [1.165, 1.54) is 17.0 Å². The van der Waals surface area contributed by atoms with Gasteiger partial charge in [-0.25, -0.2) is 9.18 Å². The van der Waals surface area contributed by atoms with Gasteiger partial charge in [0.05, 0.1) is 10.7 Å². The minimum atomic E-state index is -0.614. The maximum Gasteiger partial charge on any atom is 0.321 e. The molecular weight excluding hydrogens is 219 g/mol. The number of amides is 2. The average molecular weight is 231 g/mol. The summed E-state index contributed by atoms with van der Waals surface area (Å²) in [5, 5.41) is 2.42. The van der Waals surface area contributed by atoms with Gasteiger partial charge in [-0.2, -0.15) is 0 Å². The summed E-state index contributed by atoms with van der Waals surface area (Å²) in [5.41, 5.74) is 0.0906. The van der Waals surface area contributed by atoms with Gasteiger partial charge in [0.1, 0.15) is 0 Å². The predicted octanol–water partition coefficient (Wildman–Crippen LogP) is 2.96. The quantitative estimate of drug-likeness (QED) is 0.833. The van der Waals surface area contributed by atoms with E-state index in [0.717, 1.165) is 0 Å². The fourth-order valence-corrected chi connectivity index (χ4v) is 1.13. The van der Waals surface area contributed by atoms with Crippen LogP contribution >= 0.6 is 11.6 Å². The molecule has 5 heteroatoms. The van der Waals surface area contributed by atoms with Crippen molar-refractivity contribution in [3.05, 3.63) is 29.0 Å². The second-order valence-electron chi connectivity index (χ2n) is 3.05. The Hall–Kier alpha value is -1.29. The van der Waals surface area contributed by atoms with E-state index in [1.54, 1.807) is 13.1 Å². The second kappa shape index (κ2) is 4.98. The van der Waals surface area contributed by atoms with Crippen molar-refractivity contribution in [1.29, 1.82) is 0 Å². The number of hydrogen-bond acceptors (Lipinski definition) is 1. The van der Waals surface area contributed by atoms with E-state index in [-0.39, 0.29) is 16.7 Å². The zero-order valence-corrected chi connectivity index (χ0v) is 9.31. The smallest absolute Gasteiger partial charge is 0.321 e. The fraction of sp³-hybridized carbons (Fsp3) is 0.300. The number of hydrogen-bond donors (Lipinski definition) is 1. The number of rotatable bonds is 2. The Morgan fingerprint density at radius 2 is 2.27 bits per heavy atom. The second-order valence-corrected chi connectivity index (χ2v) is 3.45. The van der Waals surface area contributed by atoms with Gasteiger partial charge in [-0.1, -0.05) is 17.7 Å². The highest BCUT2D eigenvalue weighted by atomic mass is 35.5. The summed E-state index contributed by atoms with van der Waals surface area (Å²) in [4.78, 5) is 12.8. The summed E-state index contributed by atoms with van der Waals surface area (Å²) >= 11 is 5.57. The summed E-state index contributed by atoms with van der Waals surface area (Å²) in [6.45, 7) is 2.38. The monoisotopic (exact) mass is 230 g/mol. The third kappa shape index (κ3) is 2.83. The van der Waals surface area contributed by atoms with E-state index in [1.807, 2.05) is 6.92 Å². The lowest BCUT2D eigenvalue weighted by atomic mass is 10.3. The molecule has 0 heterocycles. The Morgan fingerprint density at radius 1 is 1.60 bits per heavy atom. The molecule has 1 rings (SSSR count). The normalized spacial score (nSPS) is 9.87. The van der Waals surface area contributed by atoms with Gasteiger partial charge in [0.2, 0.25) is 0 Å². The minimum absolute atomic E-state index is 0.00745. The standard InChI is InChI=1S/C10H12ClFN2O/c1-3-14(2)10(15)13-8-6-4-5-7(11)9(8)12/h4-6H,3H2,1-2H3,(H,13,15). The van der Waals surface area contributed by atoms with E-state index in [0.29, 0.717) is 6.54 Å². The molecule has 0 radical (unpaired) electrons. The molecule has 1 N–H and O–H groups in total. The molecule has 0 spiro atoms. The van der Waals surface area contributed by atoms with Crippen LogP contribution in [0.1, 0.15) is 6.92 Å². The van der Waals surface area contributed by atoms with Crippen molar-refractivity contribution in [2.24, 2.45) is 0 Å². The largest absolute Gasteiger partial charge is 0.328 e. The average Bonchev–Trinajstić information content (AvgIpc) is 2.23. The molecule has 0 atom stereocenters. The molecule has 0 unspecified atom stereocenters. The molecular formula is C10H12ClFN2O. The summed E-state index contributed by atoms with van der Waals surface area (Å²) < 4.78 is 13.4. The highest BCUT2D eigenvalue weighted by Gasteiger charge is 2.11. The molecule has 0 bridgehead atoms. The minimum Gasteiger partial charge on any atom is -0.328 e. The van der Waals surface area contributed by atoms with Crippen molar-refractivity contribution < 1.29 is 9.18 Å². The van der Waals surface area contributed by atoms with E-state index in [2.05, 4.69) is 5.32 Å². The third-order valence-corrected chi connectivity index (χ3v) is 2.31. The van der Waals surface area contributed by atoms with Crippen LogP contribution in [0.3, 0.4) is 0 Å². The van der Waals surface area contributed by atoms with Gasteiger partial charge in [0, 0.05) is 13.6 Å². The molecule has 82 valence electrons. The highest BCUT2D eigenvalue weighted by molar-refractivity contribution is 6.31. The van der Waals surface area contributed by atoms with Crippen molar-refractivity contribution in [2.75, 3.05) is 18.9 Å². The molecule has 0 fully saturated rings. The van der Waals surface area contributed by atoms with Gasteiger partial charge in [0.15, 0.2) is 5.82 Å². The summed E-state index contributed by atoms with van der Waals surface area (Å²) in [6.07, 6.45) is 0. The Kier molecular flexibility index (Phi) is 3.91. The van der Waals surface area contributed by atoms with E-state index in [9.17, 15) is 9.18 Å². The van der Waals surface area contributed by atoms with Gasteiger partial charge in [-0.05, 0) is 19.1 Å². The van der Waals surface area contributed by atoms with Gasteiger partial charge >= 0.3 is 6.03 Å². The molecule has 3 nitrogen and oxygen atoms in total. The molecule has 0 aromatic heterocycles. The Labute approximate surface area is 92.8 Å². The van der Waals surface area contributed by atoms with Crippen LogP contribution in [0.25, 0.3) is 0 Å². The molecule has 2 amide bonds. The Balaban J connectivity index is 2.81. The number of anilines is 1. The van der Waals surface area contributed by atoms with Crippen LogP contribution in [0.5, 0.6) is 0 Å². The van der Waals surface area contributed by atoms with Gasteiger partial charge in [0.25, 0.3) is 0 Å². The number of carbonyl (C=O) groups is 1. The lowest BCUT2D eigenvalue weighted by Gasteiger charge is -2.15. The van der Waals surface area contributed by atoms with E-state index in [4.69, 9.17) is 11.6 Å². The molecule has 0 saturated heterocycles. The number of nitrogens with one attached hydrogen (secondary N) is 1. The summed E-state index contributed by atoms with van der Waals surface area (Å²) in [7, 11) is 1.62. The zero-order valence-electron chi connectivity index (χ0n) is 8.55. The number of nitrogens with zero attached hydrogens (tertiary/aromatic N) is 1. The molecule has 0 saturated carbocycles. The molecule has 1 aromatic carbocycles. The van der Waals surface area contributed by atoms with Crippen LogP contribution in [0.15, 0.2) is 18.2 Å². The zero-order chi connectivity index (χ0) is 11.4. The first kappa shape index (κ1) is 11.8. The van der Waals surface area contributed by atoms with Crippen LogP contribution in [0.4, 0.5) is 14.9 Å².